The van der Waals surface area contributed by atoms with Crippen LogP contribution in [0.2, 0.25) is 0 Å². The fourth-order valence-corrected chi connectivity index (χ4v) is 3.97. The number of aliphatic hydroxyl groups is 1. The van der Waals surface area contributed by atoms with Gasteiger partial charge in [-0.3, -0.25) is 0 Å². The first-order valence-corrected chi connectivity index (χ1v) is 8.45. The van der Waals surface area contributed by atoms with Gasteiger partial charge in [0.25, 0.3) is 0 Å². The van der Waals surface area contributed by atoms with Crippen molar-refractivity contribution in [3.63, 3.8) is 0 Å². The highest BCUT2D eigenvalue weighted by Crippen LogP contribution is 2.40. The standard InChI is InChI=1S/C18H28N2O/c1-2-17(19)14-6-8-16(9-7-14)20-12-11-18(21)10-4-3-5-15(18)13-20/h6-9,15,17,21H,2-5,10-13,19H2,1H3. The summed E-state index contributed by atoms with van der Waals surface area (Å²) in [6.45, 7) is 4.08. The summed E-state index contributed by atoms with van der Waals surface area (Å²) in [4.78, 5) is 2.44. The van der Waals surface area contributed by atoms with Gasteiger partial charge in [-0.25, -0.2) is 0 Å². The topological polar surface area (TPSA) is 49.5 Å². The van der Waals surface area contributed by atoms with E-state index in [-0.39, 0.29) is 11.6 Å². The molecule has 1 saturated carbocycles. The molecule has 3 nitrogen and oxygen atoms in total. The van der Waals surface area contributed by atoms with Gasteiger partial charge in [0, 0.05) is 30.7 Å². The summed E-state index contributed by atoms with van der Waals surface area (Å²) in [5.74, 6) is 0.442. The van der Waals surface area contributed by atoms with Crippen LogP contribution in [0.5, 0.6) is 0 Å². The van der Waals surface area contributed by atoms with Crippen LogP contribution in [0, 0.1) is 5.92 Å². The van der Waals surface area contributed by atoms with Crippen molar-refractivity contribution in [3.8, 4) is 0 Å². The number of anilines is 1. The molecule has 3 unspecified atom stereocenters. The van der Waals surface area contributed by atoms with Crippen LogP contribution in [0.3, 0.4) is 0 Å². The zero-order chi connectivity index (χ0) is 14.9. The first-order chi connectivity index (χ1) is 10.1. The van der Waals surface area contributed by atoms with Crippen molar-refractivity contribution in [2.24, 2.45) is 11.7 Å². The third kappa shape index (κ3) is 2.95. The molecule has 1 aromatic rings. The fraction of sp³-hybridized carbons (Fsp3) is 0.667. The lowest BCUT2D eigenvalue weighted by Gasteiger charge is -2.48. The largest absolute Gasteiger partial charge is 0.389 e. The molecule has 1 saturated heterocycles. The summed E-state index contributed by atoms with van der Waals surface area (Å²) >= 11 is 0. The van der Waals surface area contributed by atoms with E-state index in [0.717, 1.165) is 32.4 Å². The molecule has 0 bridgehead atoms. The third-order valence-electron chi connectivity index (χ3n) is 5.55. The number of hydrogen-bond acceptors (Lipinski definition) is 3. The maximum atomic E-state index is 10.8. The van der Waals surface area contributed by atoms with Crippen molar-refractivity contribution >= 4 is 5.69 Å². The number of nitrogens with zero attached hydrogens (tertiary/aromatic N) is 1. The molecule has 3 atom stereocenters. The Bertz CT molecular complexity index is 473. The van der Waals surface area contributed by atoms with Crippen LogP contribution in [0.1, 0.15) is 57.1 Å². The Kier molecular flexibility index (Phi) is 4.23. The second kappa shape index (κ2) is 5.98. The summed E-state index contributed by atoms with van der Waals surface area (Å²) in [5, 5.41) is 10.8. The lowest BCUT2D eigenvalue weighted by molar-refractivity contribution is -0.0612. The highest BCUT2D eigenvalue weighted by atomic mass is 16.3. The molecule has 3 rings (SSSR count). The average Bonchev–Trinajstić information content (AvgIpc) is 2.53. The van der Waals surface area contributed by atoms with Gasteiger partial charge in [0.15, 0.2) is 0 Å². The van der Waals surface area contributed by atoms with E-state index in [9.17, 15) is 5.11 Å². The van der Waals surface area contributed by atoms with Crippen molar-refractivity contribution in [2.75, 3.05) is 18.0 Å². The normalized spacial score (nSPS) is 30.8. The first kappa shape index (κ1) is 14.9. The van der Waals surface area contributed by atoms with Crippen LogP contribution in [0.15, 0.2) is 24.3 Å². The summed E-state index contributed by atoms with van der Waals surface area (Å²) in [7, 11) is 0. The minimum atomic E-state index is -0.390. The van der Waals surface area contributed by atoms with Gasteiger partial charge in [0.1, 0.15) is 0 Å². The number of fused-ring (bicyclic) bond motifs is 1. The lowest BCUT2D eigenvalue weighted by Crippen LogP contribution is -2.53. The highest BCUT2D eigenvalue weighted by Gasteiger charge is 2.42. The highest BCUT2D eigenvalue weighted by molar-refractivity contribution is 5.48. The number of piperidine rings is 1. The molecule has 1 aromatic carbocycles. The van der Waals surface area contributed by atoms with Gasteiger partial charge in [-0.05, 0) is 43.4 Å². The van der Waals surface area contributed by atoms with E-state index in [1.807, 2.05) is 0 Å². The van der Waals surface area contributed by atoms with Crippen LogP contribution in [-0.2, 0) is 0 Å². The van der Waals surface area contributed by atoms with Crippen LogP contribution >= 0.6 is 0 Å². The lowest BCUT2D eigenvalue weighted by atomic mass is 9.71. The Morgan fingerprint density at radius 3 is 2.76 bits per heavy atom. The molecule has 116 valence electrons. The average molecular weight is 288 g/mol. The Hall–Kier alpha value is -1.06. The van der Waals surface area contributed by atoms with E-state index >= 15 is 0 Å². The molecule has 3 heteroatoms. The van der Waals surface area contributed by atoms with E-state index in [2.05, 4.69) is 36.1 Å². The van der Waals surface area contributed by atoms with E-state index in [1.165, 1.54) is 30.5 Å². The predicted octanol–water partition coefficient (Wildman–Crippen LogP) is 3.23. The van der Waals surface area contributed by atoms with Gasteiger partial charge >= 0.3 is 0 Å². The minimum absolute atomic E-state index is 0.142. The fourth-order valence-electron chi connectivity index (χ4n) is 3.97. The van der Waals surface area contributed by atoms with Gasteiger partial charge < -0.3 is 15.7 Å². The molecule has 0 aromatic heterocycles. The maximum Gasteiger partial charge on any atom is 0.0709 e. The predicted molar refractivity (Wildman–Crippen MR) is 87.4 cm³/mol. The molecule has 0 spiro atoms. The van der Waals surface area contributed by atoms with E-state index < -0.39 is 0 Å². The molecule has 1 aliphatic carbocycles. The second-order valence-electron chi connectivity index (χ2n) is 6.85. The Labute approximate surface area is 128 Å². The van der Waals surface area contributed by atoms with Crippen molar-refractivity contribution < 1.29 is 5.11 Å². The molecule has 0 amide bonds. The zero-order valence-corrected chi connectivity index (χ0v) is 13.1. The summed E-state index contributed by atoms with van der Waals surface area (Å²) in [5.41, 5.74) is 8.18. The third-order valence-corrected chi connectivity index (χ3v) is 5.55. The smallest absolute Gasteiger partial charge is 0.0709 e. The molecular formula is C18H28N2O. The number of hydrogen-bond donors (Lipinski definition) is 2. The molecular weight excluding hydrogens is 260 g/mol. The number of nitrogens with two attached hydrogens (primary N) is 1. The molecule has 3 N–H and O–H groups in total. The van der Waals surface area contributed by atoms with Crippen LogP contribution in [0.25, 0.3) is 0 Å². The number of benzene rings is 1. The van der Waals surface area contributed by atoms with Crippen molar-refractivity contribution in [2.45, 2.75) is 57.1 Å². The first-order valence-electron chi connectivity index (χ1n) is 8.45. The Balaban J connectivity index is 1.70. The molecule has 21 heavy (non-hydrogen) atoms. The van der Waals surface area contributed by atoms with Crippen molar-refractivity contribution in [3.05, 3.63) is 29.8 Å². The summed E-state index contributed by atoms with van der Waals surface area (Å²) in [6, 6.07) is 8.84. The monoisotopic (exact) mass is 288 g/mol. The van der Waals surface area contributed by atoms with Gasteiger partial charge in [0.05, 0.1) is 5.60 Å². The van der Waals surface area contributed by atoms with Gasteiger partial charge in [-0.1, -0.05) is 31.9 Å². The van der Waals surface area contributed by atoms with Gasteiger partial charge in [-0.2, -0.15) is 0 Å². The van der Waals surface area contributed by atoms with Crippen LogP contribution < -0.4 is 10.6 Å². The Morgan fingerprint density at radius 1 is 1.29 bits per heavy atom. The van der Waals surface area contributed by atoms with Crippen LogP contribution in [-0.4, -0.2) is 23.8 Å². The molecule has 2 aliphatic rings. The maximum absolute atomic E-state index is 10.8. The molecule has 0 radical (unpaired) electrons. The summed E-state index contributed by atoms with van der Waals surface area (Å²) in [6.07, 6.45) is 6.51. The molecule has 1 aliphatic heterocycles. The minimum Gasteiger partial charge on any atom is -0.389 e. The number of rotatable bonds is 3. The SMILES string of the molecule is CCC(N)c1ccc(N2CCC3(O)CCCCC3C2)cc1. The van der Waals surface area contributed by atoms with Crippen LogP contribution in [0.4, 0.5) is 5.69 Å². The molecule has 1 heterocycles. The van der Waals surface area contributed by atoms with Gasteiger partial charge in [0.2, 0.25) is 0 Å². The van der Waals surface area contributed by atoms with E-state index in [1.54, 1.807) is 0 Å². The second-order valence-corrected chi connectivity index (χ2v) is 6.85. The Morgan fingerprint density at radius 2 is 2.05 bits per heavy atom. The van der Waals surface area contributed by atoms with Crippen molar-refractivity contribution in [1.82, 2.24) is 0 Å². The zero-order valence-electron chi connectivity index (χ0n) is 13.1. The summed E-state index contributed by atoms with van der Waals surface area (Å²) < 4.78 is 0. The van der Waals surface area contributed by atoms with Crippen molar-refractivity contribution in [1.29, 1.82) is 0 Å². The van der Waals surface area contributed by atoms with E-state index in [4.69, 9.17) is 5.73 Å². The quantitative estimate of drug-likeness (QED) is 0.898. The van der Waals surface area contributed by atoms with Gasteiger partial charge in [-0.15, -0.1) is 0 Å². The van der Waals surface area contributed by atoms with E-state index in [0.29, 0.717) is 5.92 Å². The molecule has 2 fully saturated rings.